The summed E-state index contributed by atoms with van der Waals surface area (Å²) in [6, 6.07) is 8.08. The van der Waals surface area contributed by atoms with E-state index in [2.05, 4.69) is 20.0 Å². The highest BCUT2D eigenvalue weighted by Crippen LogP contribution is 2.29. The molecule has 7 nitrogen and oxygen atoms in total. The Bertz CT molecular complexity index is 780. The standard InChI is InChI=1S/C17H19F3N4O3/c1-25-13-5-4-12(7-14(13)26-2)24-16(21)23-9-11-3-6-15(22-8-11)27-10-17(18,19)20/h3-8H,9-10H2,1-2H3,(H3,21,23,24). The Balaban J connectivity index is 1.93. The minimum atomic E-state index is -4.41. The van der Waals surface area contributed by atoms with E-state index in [4.69, 9.17) is 15.2 Å². The first-order chi connectivity index (χ1) is 12.8. The van der Waals surface area contributed by atoms with Gasteiger partial charge in [0.2, 0.25) is 5.88 Å². The molecule has 0 unspecified atom stereocenters. The number of aromatic nitrogens is 1. The average molecular weight is 384 g/mol. The fourth-order valence-electron chi connectivity index (χ4n) is 2.02. The molecule has 1 aromatic carbocycles. The van der Waals surface area contributed by atoms with Crippen molar-refractivity contribution in [3.8, 4) is 17.4 Å². The number of aliphatic imine (C=N–C) groups is 1. The first kappa shape index (κ1) is 20.1. The van der Waals surface area contributed by atoms with Gasteiger partial charge in [-0.05, 0) is 17.7 Å². The van der Waals surface area contributed by atoms with Gasteiger partial charge < -0.3 is 25.3 Å². The minimum Gasteiger partial charge on any atom is -0.493 e. The number of nitrogens with two attached hydrogens (primary N) is 1. The van der Waals surface area contributed by atoms with Crippen molar-refractivity contribution in [1.82, 2.24) is 4.98 Å². The van der Waals surface area contributed by atoms with E-state index in [0.717, 1.165) is 0 Å². The Labute approximate surface area is 154 Å². The molecule has 10 heteroatoms. The predicted octanol–water partition coefficient (Wildman–Crippen LogP) is 2.97. The molecule has 0 radical (unpaired) electrons. The molecule has 0 saturated heterocycles. The van der Waals surface area contributed by atoms with Crippen LogP contribution < -0.4 is 25.3 Å². The summed E-state index contributed by atoms with van der Waals surface area (Å²) in [6.45, 7) is -1.20. The average Bonchev–Trinajstić information content (AvgIpc) is 2.64. The lowest BCUT2D eigenvalue weighted by molar-refractivity contribution is -0.154. The quantitative estimate of drug-likeness (QED) is 0.563. The molecule has 2 aromatic rings. The van der Waals surface area contributed by atoms with E-state index in [0.29, 0.717) is 22.7 Å². The van der Waals surface area contributed by atoms with Crippen LogP contribution in [-0.2, 0) is 6.54 Å². The van der Waals surface area contributed by atoms with E-state index in [-0.39, 0.29) is 18.4 Å². The second-order valence-electron chi connectivity index (χ2n) is 5.30. The van der Waals surface area contributed by atoms with Crippen LogP contribution in [0.2, 0.25) is 0 Å². The van der Waals surface area contributed by atoms with Gasteiger partial charge in [0.1, 0.15) is 0 Å². The van der Waals surface area contributed by atoms with Gasteiger partial charge in [0, 0.05) is 24.0 Å². The Morgan fingerprint density at radius 3 is 2.48 bits per heavy atom. The van der Waals surface area contributed by atoms with Crippen LogP contribution in [0.4, 0.5) is 18.9 Å². The van der Waals surface area contributed by atoms with Gasteiger partial charge in [-0.3, -0.25) is 0 Å². The number of alkyl halides is 3. The fraction of sp³-hybridized carbons (Fsp3) is 0.294. The van der Waals surface area contributed by atoms with Crippen LogP contribution >= 0.6 is 0 Å². The fourth-order valence-corrected chi connectivity index (χ4v) is 2.02. The molecule has 3 N–H and O–H groups in total. The van der Waals surface area contributed by atoms with Gasteiger partial charge in [0.25, 0.3) is 0 Å². The van der Waals surface area contributed by atoms with Crippen LogP contribution in [0.1, 0.15) is 5.56 Å². The summed E-state index contributed by atoms with van der Waals surface area (Å²) in [4.78, 5) is 7.96. The van der Waals surface area contributed by atoms with Crippen molar-refractivity contribution in [2.24, 2.45) is 10.7 Å². The van der Waals surface area contributed by atoms with Gasteiger partial charge in [-0.15, -0.1) is 0 Å². The van der Waals surface area contributed by atoms with Crippen LogP contribution in [0, 0.1) is 0 Å². The lowest BCUT2D eigenvalue weighted by Crippen LogP contribution is -2.22. The van der Waals surface area contributed by atoms with Crippen molar-refractivity contribution in [3.05, 3.63) is 42.1 Å². The van der Waals surface area contributed by atoms with Crippen LogP contribution in [0.5, 0.6) is 17.4 Å². The van der Waals surface area contributed by atoms with Crippen molar-refractivity contribution in [1.29, 1.82) is 0 Å². The van der Waals surface area contributed by atoms with Gasteiger partial charge in [0.15, 0.2) is 24.1 Å². The molecule has 0 saturated carbocycles. The summed E-state index contributed by atoms with van der Waals surface area (Å²) in [5.41, 5.74) is 7.15. The number of nitrogens with zero attached hydrogens (tertiary/aromatic N) is 2. The van der Waals surface area contributed by atoms with Crippen molar-refractivity contribution in [2.75, 3.05) is 26.1 Å². The largest absolute Gasteiger partial charge is 0.493 e. The molecule has 1 aromatic heterocycles. The van der Waals surface area contributed by atoms with Gasteiger partial charge in [-0.2, -0.15) is 13.2 Å². The minimum absolute atomic E-state index is 0.114. The molecule has 27 heavy (non-hydrogen) atoms. The first-order valence-corrected chi connectivity index (χ1v) is 7.74. The summed E-state index contributed by atoms with van der Waals surface area (Å²) in [5, 5.41) is 2.91. The number of hydrogen-bond donors (Lipinski definition) is 2. The molecular weight excluding hydrogens is 365 g/mol. The smallest absolute Gasteiger partial charge is 0.422 e. The van der Waals surface area contributed by atoms with Gasteiger partial charge in [-0.1, -0.05) is 6.07 Å². The monoisotopic (exact) mass is 384 g/mol. The van der Waals surface area contributed by atoms with Gasteiger partial charge in [0.05, 0.1) is 20.8 Å². The van der Waals surface area contributed by atoms with E-state index < -0.39 is 12.8 Å². The molecule has 0 aliphatic rings. The molecule has 146 valence electrons. The van der Waals surface area contributed by atoms with Crippen molar-refractivity contribution >= 4 is 11.6 Å². The molecule has 0 spiro atoms. The number of benzene rings is 1. The van der Waals surface area contributed by atoms with Gasteiger partial charge in [-0.25, -0.2) is 9.98 Å². The molecule has 0 bridgehead atoms. The SMILES string of the molecule is COc1ccc(NC(N)=NCc2ccc(OCC(F)(F)F)nc2)cc1OC. The Morgan fingerprint density at radius 2 is 1.89 bits per heavy atom. The summed E-state index contributed by atoms with van der Waals surface area (Å²) in [6.07, 6.45) is -3.03. The summed E-state index contributed by atoms with van der Waals surface area (Å²) in [7, 11) is 3.06. The number of anilines is 1. The molecule has 0 fully saturated rings. The number of methoxy groups -OCH3 is 2. The number of hydrogen-bond acceptors (Lipinski definition) is 5. The highest BCUT2D eigenvalue weighted by atomic mass is 19.4. The highest BCUT2D eigenvalue weighted by molar-refractivity contribution is 5.92. The number of ether oxygens (including phenoxy) is 3. The maximum atomic E-state index is 12.1. The van der Waals surface area contributed by atoms with E-state index in [1.165, 1.54) is 26.5 Å². The first-order valence-electron chi connectivity index (χ1n) is 7.74. The lowest BCUT2D eigenvalue weighted by Gasteiger charge is -2.11. The zero-order valence-corrected chi connectivity index (χ0v) is 14.7. The third-order valence-electron chi connectivity index (χ3n) is 3.27. The Kier molecular flexibility index (Phi) is 6.69. The number of halogens is 3. The lowest BCUT2D eigenvalue weighted by atomic mass is 10.2. The van der Waals surface area contributed by atoms with Crippen LogP contribution in [0.25, 0.3) is 0 Å². The Morgan fingerprint density at radius 1 is 1.15 bits per heavy atom. The second-order valence-corrected chi connectivity index (χ2v) is 5.30. The van der Waals surface area contributed by atoms with E-state index in [9.17, 15) is 13.2 Å². The van der Waals surface area contributed by atoms with E-state index in [1.807, 2.05) is 0 Å². The Hall–Kier alpha value is -3.17. The summed E-state index contributed by atoms with van der Waals surface area (Å²) < 4.78 is 51.2. The zero-order valence-electron chi connectivity index (χ0n) is 14.7. The van der Waals surface area contributed by atoms with E-state index >= 15 is 0 Å². The number of nitrogens with one attached hydrogen (secondary N) is 1. The molecule has 2 rings (SSSR count). The third-order valence-corrected chi connectivity index (χ3v) is 3.27. The summed E-state index contributed by atoms with van der Waals surface area (Å²) in [5.74, 6) is 1.16. The summed E-state index contributed by atoms with van der Waals surface area (Å²) >= 11 is 0. The molecule has 0 amide bonds. The normalized spacial score (nSPS) is 11.8. The van der Waals surface area contributed by atoms with Crippen molar-refractivity contribution < 1.29 is 27.4 Å². The van der Waals surface area contributed by atoms with Gasteiger partial charge >= 0.3 is 6.18 Å². The number of pyridine rings is 1. The second kappa shape index (κ2) is 8.97. The molecule has 0 aliphatic heterocycles. The molecule has 0 aliphatic carbocycles. The predicted molar refractivity (Wildman–Crippen MR) is 94.3 cm³/mol. The van der Waals surface area contributed by atoms with Crippen LogP contribution in [0.3, 0.4) is 0 Å². The molecule has 1 heterocycles. The maximum Gasteiger partial charge on any atom is 0.422 e. The molecular formula is C17H19F3N4O3. The highest BCUT2D eigenvalue weighted by Gasteiger charge is 2.28. The molecule has 0 atom stereocenters. The van der Waals surface area contributed by atoms with Crippen molar-refractivity contribution in [2.45, 2.75) is 12.7 Å². The van der Waals surface area contributed by atoms with Crippen LogP contribution in [-0.4, -0.2) is 37.9 Å². The third kappa shape index (κ3) is 6.57. The van der Waals surface area contributed by atoms with E-state index in [1.54, 1.807) is 24.3 Å². The topological polar surface area (TPSA) is 91.0 Å². The maximum absolute atomic E-state index is 12.1. The number of guanidine groups is 1. The number of rotatable bonds is 7. The van der Waals surface area contributed by atoms with Crippen LogP contribution in [0.15, 0.2) is 41.5 Å². The van der Waals surface area contributed by atoms with Crippen molar-refractivity contribution in [3.63, 3.8) is 0 Å². The zero-order chi connectivity index (χ0) is 19.9.